The van der Waals surface area contributed by atoms with Gasteiger partial charge in [-0.05, 0) is 29.7 Å². The second-order valence-electron chi connectivity index (χ2n) is 6.26. The number of benzene rings is 2. The largest absolute Gasteiger partial charge is 0.327 e. The summed E-state index contributed by atoms with van der Waals surface area (Å²) in [5.74, 6) is -0.127. The van der Waals surface area contributed by atoms with Gasteiger partial charge in [0.2, 0.25) is 5.91 Å². The Morgan fingerprint density at radius 1 is 1.16 bits per heavy atom. The van der Waals surface area contributed by atoms with E-state index < -0.39 is 0 Å². The van der Waals surface area contributed by atoms with E-state index in [9.17, 15) is 9.59 Å². The number of β-lactam (4-membered cyclic amide) rings is 1. The molecule has 0 N–H and O–H groups in total. The van der Waals surface area contributed by atoms with Crippen LogP contribution in [0.15, 0.2) is 54.6 Å². The molecule has 0 bridgehead atoms. The number of amides is 3. The number of hydrogen-bond acceptors (Lipinski definition) is 3. The van der Waals surface area contributed by atoms with Crippen molar-refractivity contribution in [2.24, 2.45) is 0 Å². The van der Waals surface area contributed by atoms with Crippen molar-refractivity contribution in [1.82, 2.24) is 9.80 Å². The minimum atomic E-state index is -0.276. The Kier molecular flexibility index (Phi) is 4.80. The number of hydrogen-bond donors (Lipinski definition) is 0. The van der Waals surface area contributed by atoms with Crippen molar-refractivity contribution >= 4 is 11.9 Å². The van der Waals surface area contributed by atoms with E-state index in [1.165, 1.54) is 9.80 Å². The highest BCUT2D eigenvalue weighted by atomic mass is 16.2. The quantitative estimate of drug-likeness (QED) is 0.808. The molecule has 2 aromatic rings. The van der Waals surface area contributed by atoms with Gasteiger partial charge >= 0.3 is 6.03 Å². The standard InChI is InChI=1S/C20H19N3O2/c1-22(14-17-9-7-16(13-21)8-10-17)20(25)23-18(12-19(23)24)11-15-5-3-2-4-6-15/h2-10,18H,11-12,14H2,1H3/t18-/m1/s1. The predicted octanol–water partition coefficient (Wildman–Crippen LogP) is 2.95. The number of nitriles is 1. The van der Waals surface area contributed by atoms with Crippen molar-refractivity contribution in [3.8, 4) is 6.07 Å². The van der Waals surface area contributed by atoms with Crippen LogP contribution in [0.3, 0.4) is 0 Å². The molecule has 126 valence electrons. The number of imide groups is 1. The Morgan fingerprint density at radius 2 is 1.84 bits per heavy atom. The van der Waals surface area contributed by atoms with Gasteiger partial charge in [-0.25, -0.2) is 4.79 Å². The van der Waals surface area contributed by atoms with Gasteiger partial charge in [0.25, 0.3) is 0 Å². The lowest BCUT2D eigenvalue weighted by Crippen LogP contribution is -2.59. The third-order valence-corrected chi connectivity index (χ3v) is 4.39. The Bertz CT molecular complexity index is 809. The van der Waals surface area contributed by atoms with Crippen molar-refractivity contribution in [2.75, 3.05) is 7.05 Å². The summed E-state index contributed by atoms with van der Waals surface area (Å²) in [5, 5.41) is 8.83. The third-order valence-electron chi connectivity index (χ3n) is 4.39. The molecule has 5 heteroatoms. The summed E-state index contributed by atoms with van der Waals surface area (Å²) in [6.45, 7) is 0.395. The highest BCUT2D eigenvalue weighted by Crippen LogP contribution is 2.25. The molecule has 1 saturated heterocycles. The molecule has 0 unspecified atom stereocenters. The third kappa shape index (κ3) is 3.69. The van der Waals surface area contributed by atoms with Crippen LogP contribution in [0.2, 0.25) is 0 Å². The van der Waals surface area contributed by atoms with Gasteiger partial charge in [0, 0.05) is 20.0 Å². The summed E-state index contributed by atoms with van der Waals surface area (Å²) in [7, 11) is 1.69. The normalized spacial score (nSPS) is 16.1. The minimum Gasteiger partial charge on any atom is -0.323 e. The molecule has 0 aromatic heterocycles. The highest BCUT2D eigenvalue weighted by molar-refractivity contribution is 5.99. The van der Waals surface area contributed by atoms with Crippen LogP contribution in [0, 0.1) is 11.3 Å². The zero-order valence-electron chi connectivity index (χ0n) is 14.1. The summed E-state index contributed by atoms with van der Waals surface area (Å²) in [4.78, 5) is 27.5. The second-order valence-corrected chi connectivity index (χ2v) is 6.26. The molecular formula is C20H19N3O2. The molecule has 1 aliphatic rings. The molecule has 0 aliphatic carbocycles. The Balaban J connectivity index is 1.63. The van der Waals surface area contributed by atoms with Crippen molar-refractivity contribution < 1.29 is 9.59 Å². The number of likely N-dealkylation sites (tertiary alicyclic amines) is 1. The van der Waals surface area contributed by atoms with Crippen LogP contribution < -0.4 is 0 Å². The topological polar surface area (TPSA) is 64.4 Å². The van der Waals surface area contributed by atoms with Gasteiger partial charge in [0.05, 0.1) is 17.7 Å². The van der Waals surface area contributed by atoms with Gasteiger partial charge in [0.15, 0.2) is 0 Å². The zero-order valence-corrected chi connectivity index (χ0v) is 14.1. The number of carbonyl (C=O) groups excluding carboxylic acids is 2. The van der Waals surface area contributed by atoms with Crippen LogP contribution in [0.1, 0.15) is 23.1 Å². The van der Waals surface area contributed by atoms with Crippen molar-refractivity contribution in [3.05, 3.63) is 71.3 Å². The summed E-state index contributed by atoms with van der Waals surface area (Å²) < 4.78 is 0. The first-order chi connectivity index (χ1) is 12.1. The number of rotatable bonds is 4. The summed E-state index contributed by atoms with van der Waals surface area (Å²) in [6, 6.07) is 18.7. The Hall–Kier alpha value is -3.13. The Labute approximate surface area is 147 Å². The fourth-order valence-electron chi connectivity index (χ4n) is 3.00. The summed E-state index contributed by atoms with van der Waals surface area (Å²) >= 11 is 0. The minimum absolute atomic E-state index is 0.0779. The van der Waals surface area contributed by atoms with E-state index in [2.05, 4.69) is 6.07 Å². The molecule has 0 radical (unpaired) electrons. The van der Waals surface area contributed by atoms with Crippen molar-refractivity contribution in [1.29, 1.82) is 5.26 Å². The van der Waals surface area contributed by atoms with Gasteiger partial charge < -0.3 is 4.90 Å². The van der Waals surface area contributed by atoms with Crippen LogP contribution in [0.5, 0.6) is 0 Å². The van der Waals surface area contributed by atoms with Crippen LogP contribution in [0.4, 0.5) is 4.79 Å². The van der Waals surface area contributed by atoms with Crippen molar-refractivity contribution in [2.45, 2.75) is 25.4 Å². The van der Waals surface area contributed by atoms with E-state index in [4.69, 9.17) is 5.26 Å². The zero-order chi connectivity index (χ0) is 17.8. The van der Waals surface area contributed by atoms with E-state index in [0.717, 1.165) is 11.1 Å². The lowest BCUT2D eigenvalue weighted by atomic mass is 9.95. The molecule has 0 saturated carbocycles. The second kappa shape index (κ2) is 7.18. The summed E-state index contributed by atoms with van der Waals surface area (Å²) in [6.07, 6.45) is 1.09. The average Bonchev–Trinajstić information content (AvgIpc) is 2.62. The average molecular weight is 333 g/mol. The van der Waals surface area contributed by atoms with Crippen LogP contribution >= 0.6 is 0 Å². The number of urea groups is 1. The van der Waals surface area contributed by atoms with Crippen LogP contribution in [-0.2, 0) is 17.8 Å². The van der Waals surface area contributed by atoms with E-state index in [1.54, 1.807) is 19.2 Å². The molecule has 1 aliphatic heterocycles. The fourth-order valence-corrected chi connectivity index (χ4v) is 3.00. The molecule has 1 atom stereocenters. The van der Waals surface area contributed by atoms with Crippen LogP contribution in [-0.4, -0.2) is 34.8 Å². The van der Waals surface area contributed by atoms with Gasteiger partial charge in [-0.15, -0.1) is 0 Å². The molecule has 3 rings (SSSR count). The maximum Gasteiger partial charge on any atom is 0.327 e. The number of carbonyl (C=O) groups is 2. The SMILES string of the molecule is CN(Cc1ccc(C#N)cc1)C(=O)N1C(=O)C[C@H]1Cc1ccccc1. The van der Waals surface area contributed by atoms with Gasteiger partial charge in [-0.3, -0.25) is 9.69 Å². The number of nitrogens with zero attached hydrogens (tertiary/aromatic N) is 3. The van der Waals surface area contributed by atoms with Crippen LogP contribution in [0.25, 0.3) is 0 Å². The molecular weight excluding hydrogens is 314 g/mol. The lowest BCUT2D eigenvalue weighted by Gasteiger charge is -2.40. The first-order valence-electron chi connectivity index (χ1n) is 8.18. The fraction of sp³-hybridized carbons (Fsp3) is 0.250. The first-order valence-corrected chi connectivity index (χ1v) is 8.18. The molecule has 25 heavy (non-hydrogen) atoms. The van der Waals surface area contributed by atoms with E-state index >= 15 is 0 Å². The molecule has 1 heterocycles. The van der Waals surface area contributed by atoms with E-state index in [1.807, 2.05) is 42.5 Å². The van der Waals surface area contributed by atoms with Crippen molar-refractivity contribution in [3.63, 3.8) is 0 Å². The maximum absolute atomic E-state index is 12.6. The predicted molar refractivity (Wildman–Crippen MR) is 93.4 cm³/mol. The summed E-state index contributed by atoms with van der Waals surface area (Å²) in [5.41, 5.74) is 2.62. The van der Waals surface area contributed by atoms with Gasteiger partial charge in [-0.2, -0.15) is 5.26 Å². The monoisotopic (exact) mass is 333 g/mol. The Morgan fingerprint density at radius 3 is 2.44 bits per heavy atom. The van der Waals surface area contributed by atoms with Gasteiger partial charge in [-0.1, -0.05) is 42.5 Å². The highest BCUT2D eigenvalue weighted by Gasteiger charge is 2.41. The lowest BCUT2D eigenvalue weighted by molar-refractivity contribution is -0.141. The van der Waals surface area contributed by atoms with E-state index in [0.29, 0.717) is 24.9 Å². The van der Waals surface area contributed by atoms with E-state index in [-0.39, 0.29) is 18.0 Å². The molecule has 5 nitrogen and oxygen atoms in total. The molecule has 0 spiro atoms. The first kappa shape index (κ1) is 16.7. The molecule has 2 aromatic carbocycles. The maximum atomic E-state index is 12.6. The molecule has 1 fully saturated rings. The smallest absolute Gasteiger partial charge is 0.323 e. The van der Waals surface area contributed by atoms with Gasteiger partial charge in [0.1, 0.15) is 0 Å². The molecule has 3 amide bonds.